The van der Waals surface area contributed by atoms with E-state index in [0.717, 1.165) is 18.4 Å². The minimum Gasteiger partial charge on any atom is -0.408 e. The first-order chi connectivity index (χ1) is 13.1. The van der Waals surface area contributed by atoms with Crippen molar-refractivity contribution in [3.05, 3.63) is 54.1 Å². The quantitative estimate of drug-likeness (QED) is 0.653. The van der Waals surface area contributed by atoms with Gasteiger partial charge in [-0.05, 0) is 36.4 Å². The highest BCUT2D eigenvalue weighted by Crippen LogP contribution is 2.32. The van der Waals surface area contributed by atoms with Crippen molar-refractivity contribution in [3.63, 3.8) is 0 Å². The summed E-state index contributed by atoms with van der Waals surface area (Å²) in [6.07, 6.45) is -3.47. The number of sulfone groups is 1. The zero-order valence-electron chi connectivity index (χ0n) is 15.3. The third-order valence-electron chi connectivity index (χ3n) is 3.37. The summed E-state index contributed by atoms with van der Waals surface area (Å²) in [7, 11) is -3.65. The van der Waals surface area contributed by atoms with E-state index in [1.165, 1.54) is 12.1 Å². The normalized spacial score (nSPS) is 11.5. The number of anilines is 2. The number of alkyl halides is 3. The van der Waals surface area contributed by atoms with E-state index in [9.17, 15) is 21.6 Å². The number of halogens is 3. The number of hydrogen-bond acceptors (Lipinski definition) is 6. The van der Waals surface area contributed by atoms with Gasteiger partial charge in [-0.1, -0.05) is 31.1 Å². The zero-order chi connectivity index (χ0) is 20.9. The van der Waals surface area contributed by atoms with Crippen LogP contribution in [-0.4, -0.2) is 24.9 Å². The molecule has 0 amide bonds. The van der Waals surface area contributed by atoms with E-state index >= 15 is 0 Å². The van der Waals surface area contributed by atoms with Crippen LogP contribution >= 0.6 is 0 Å². The Morgan fingerprint density at radius 2 is 1.57 bits per heavy atom. The Bertz CT molecular complexity index is 1030. The molecule has 3 aromatic rings. The topological polar surface area (TPSA) is 85.1 Å². The molecule has 2 aromatic carbocycles. The molecule has 0 spiro atoms. The van der Waals surface area contributed by atoms with Crippen LogP contribution in [0.4, 0.5) is 24.5 Å². The van der Waals surface area contributed by atoms with E-state index in [0.29, 0.717) is 16.9 Å². The molecular weight excluding hydrogens is 395 g/mol. The molecule has 1 heterocycles. The molecule has 1 aromatic heterocycles. The van der Waals surface area contributed by atoms with Gasteiger partial charge in [0.05, 0.1) is 16.8 Å². The molecule has 1 N–H and O–H groups in total. The third kappa shape index (κ3) is 5.10. The fraction of sp³-hybridized carbons (Fsp3) is 0.222. The van der Waals surface area contributed by atoms with Gasteiger partial charge in [-0.3, -0.25) is 0 Å². The molecule has 150 valence electrons. The second-order valence-electron chi connectivity index (χ2n) is 5.39. The van der Waals surface area contributed by atoms with Crippen molar-refractivity contribution in [2.75, 3.05) is 11.6 Å². The van der Waals surface area contributed by atoms with E-state index < -0.39 is 26.8 Å². The summed E-state index contributed by atoms with van der Waals surface area (Å²) in [5.41, 5.74) is 0.532. The summed E-state index contributed by atoms with van der Waals surface area (Å²) in [6.45, 7) is 4.00. The fourth-order valence-corrected chi connectivity index (χ4v) is 2.56. The maximum atomic E-state index is 12.6. The number of nitrogens with one attached hydrogen (secondary N) is 1. The molecule has 0 aliphatic carbocycles. The molecule has 0 bridgehead atoms. The molecule has 0 saturated carbocycles. The van der Waals surface area contributed by atoms with E-state index in [2.05, 4.69) is 15.5 Å². The van der Waals surface area contributed by atoms with Crippen LogP contribution in [0.2, 0.25) is 0 Å². The predicted octanol–water partition coefficient (Wildman–Crippen LogP) is 4.93. The minimum atomic E-state index is -4.41. The summed E-state index contributed by atoms with van der Waals surface area (Å²) >= 11 is 0. The summed E-state index contributed by atoms with van der Waals surface area (Å²) < 4.78 is 66.0. The molecule has 0 saturated heterocycles. The minimum absolute atomic E-state index is 0.0274. The first kappa shape index (κ1) is 21.4. The first-order valence-electron chi connectivity index (χ1n) is 8.22. The first-order valence-corrected chi connectivity index (χ1v) is 10.1. The van der Waals surface area contributed by atoms with Crippen LogP contribution in [0.5, 0.6) is 0 Å². The smallest absolute Gasteiger partial charge is 0.408 e. The second kappa shape index (κ2) is 8.42. The monoisotopic (exact) mass is 413 g/mol. The van der Waals surface area contributed by atoms with Crippen LogP contribution in [-0.2, 0) is 16.0 Å². The van der Waals surface area contributed by atoms with Gasteiger partial charge in [0, 0.05) is 11.9 Å². The second-order valence-corrected chi connectivity index (χ2v) is 7.28. The average molecular weight is 413 g/mol. The van der Waals surface area contributed by atoms with Gasteiger partial charge >= 0.3 is 11.4 Å². The van der Waals surface area contributed by atoms with Crippen molar-refractivity contribution in [1.29, 1.82) is 0 Å². The number of hydrogen-bond donors (Lipinski definition) is 1. The van der Waals surface area contributed by atoms with E-state index in [1.54, 1.807) is 24.3 Å². The largest absolute Gasteiger partial charge is 0.416 e. The van der Waals surface area contributed by atoms with Gasteiger partial charge in [-0.25, -0.2) is 8.42 Å². The number of rotatable bonds is 4. The Labute approximate surface area is 160 Å². The third-order valence-corrected chi connectivity index (χ3v) is 4.17. The lowest BCUT2D eigenvalue weighted by Gasteiger charge is -2.11. The maximum Gasteiger partial charge on any atom is 0.416 e. The highest BCUT2D eigenvalue weighted by Gasteiger charge is 2.30. The molecular formula is C18H18F3N3O3S. The van der Waals surface area contributed by atoms with Crippen molar-refractivity contribution >= 4 is 21.2 Å². The molecule has 3 rings (SSSR count). The SMILES string of the molecule is CC.CS(=O)(=O)c1nnc(-c2ccccc2Nc2ccc(C(F)(F)F)cc2)o1. The lowest BCUT2D eigenvalue weighted by Crippen LogP contribution is -2.04. The van der Waals surface area contributed by atoms with Crippen LogP contribution in [0.15, 0.2) is 58.2 Å². The van der Waals surface area contributed by atoms with Gasteiger partial charge < -0.3 is 9.73 Å². The van der Waals surface area contributed by atoms with Crippen LogP contribution in [0.1, 0.15) is 19.4 Å². The van der Waals surface area contributed by atoms with Gasteiger partial charge in [0.2, 0.25) is 9.84 Å². The fourth-order valence-electron chi connectivity index (χ4n) is 2.15. The maximum absolute atomic E-state index is 12.6. The molecule has 28 heavy (non-hydrogen) atoms. The zero-order valence-corrected chi connectivity index (χ0v) is 16.1. The highest BCUT2D eigenvalue weighted by molar-refractivity contribution is 7.90. The molecule has 0 fully saturated rings. The Kier molecular flexibility index (Phi) is 6.45. The summed E-state index contributed by atoms with van der Waals surface area (Å²) in [5.74, 6) is -0.0274. The van der Waals surface area contributed by atoms with E-state index in [4.69, 9.17) is 4.42 Å². The van der Waals surface area contributed by atoms with E-state index in [-0.39, 0.29) is 5.89 Å². The molecule has 6 nitrogen and oxygen atoms in total. The standard InChI is InChI=1S/C16H12F3N3O3S.C2H6/c1-26(23,24)15-22-21-14(25-15)12-4-2-3-5-13(12)20-11-8-6-10(7-9-11)16(17,18)19;1-2/h2-9,20H,1H3;1-2H3. The molecule has 0 radical (unpaired) electrons. The Morgan fingerprint density at radius 1 is 0.964 bits per heavy atom. The molecule has 10 heteroatoms. The Hall–Kier alpha value is -2.88. The number of nitrogens with zero attached hydrogens (tertiary/aromatic N) is 2. The Balaban J connectivity index is 0.00000136. The summed E-state index contributed by atoms with van der Waals surface area (Å²) in [6, 6.07) is 11.1. The molecule has 0 aliphatic heterocycles. The van der Waals surface area contributed by atoms with E-state index in [1.807, 2.05) is 13.8 Å². The van der Waals surface area contributed by atoms with Crippen molar-refractivity contribution < 1.29 is 26.0 Å². The van der Waals surface area contributed by atoms with Gasteiger partial charge in [-0.15, -0.1) is 5.10 Å². The van der Waals surface area contributed by atoms with Crippen LogP contribution in [0.3, 0.4) is 0 Å². The summed E-state index contributed by atoms with van der Waals surface area (Å²) in [4.78, 5) is 0. The van der Waals surface area contributed by atoms with Crippen molar-refractivity contribution in [2.45, 2.75) is 25.2 Å². The number of benzene rings is 2. The van der Waals surface area contributed by atoms with Crippen LogP contribution < -0.4 is 5.32 Å². The summed E-state index contributed by atoms with van der Waals surface area (Å²) in [5, 5.41) is 9.65. The molecule has 0 atom stereocenters. The van der Waals surface area contributed by atoms with Gasteiger partial charge in [0.25, 0.3) is 5.89 Å². The molecule has 0 aliphatic rings. The highest BCUT2D eigenvalue weighted by atomic mass is 32.2. The van der Waals surface area contributed by atoms with Crippen molar-refractivity contribution in [3.8, 4) is 11.5 Å². The van der Waals surface area contributed by atoms with Crippen molar-refractivity contribution in [1.82, 2.24) is 10.2 Å². The van der Waals surface area contributed by atoms with Crippen LogP contribution in [0.25, 0.3) is 11.5 Å². The number of para-hydroxylation sites is 1. The van der Waals surface area contributed by atoms with Gasteiger partial charge in [0.15, 0.2) is 0 Å². The number of aromatic nitrogens is 2. The van der Waals surface area contributed by atoms with Gasteiger partial charge in [0.1, 0.15) is 0 Å². The lowest BCUT2D eigenvalue weighted by atomic mass is 10.1. The predicted molar refractivity (Wildman–Crippen MR) is 98.9 cm³/mol. The average Bonchev–Trinajstić information content (AvgIpc) is 3.14. The van der Waals surface area contributed by atoms with Crippen molar-refractivity contribution in [2.24, 2.45) is 0 Å². The lowest BCUT2D eigenvalue weighted by molar-refractivity contribution is -0.137. The Morgan fingerprint density at radius 3 is 2.11 bits per heavy atom. The van der Waals surface area contributed by atoms with Gasteiger partial charge in [-0.2, -0.15) is 13.2 Å². The van der Waals surface area contributed by atoms with Crippen LogP contribution in [0, 0.1) is 0 Å². The molecule has 0 unspecified atom stereocenters.